The van der Waals surface area contributed by atoms with Crippen molar-refractivity contribution in [2.24, 2.45) is 0 Å². The number of alkyl halides is 1. The Bertz CT molecular complexity index is 488. The highest BCUT2D eigenvalue weighted by Gasteiger charge is 2.01. The van der Waals surface area contributed by atoms with Crippen LogP contribution in [0.2, 0.25) is 0 Å². The molecule has 0 aliphatic carbocycles. The largest absolute Gasteiger partial charge is 0.0928 e. The number of halogens is 1. The van der Waals surface area contributed by atoms with Crippen molar-refractivity contribution in [2.75, 3.05) is 5.33 Å². The number of hydrogen-bond donors (Lipinski definition) is 0. The Morgan fingerprint density at radius 1 is 1.00 bits per heavy atom. The molecule has 17 heavy (non-hydrogen) atoms. The predicted molar refractivity (Wildman–Crippen MR) is 78.7 cm³/mol. The highest BCUT2D eigenvalue weighted by atomic mass is 79.9. The Morgan fingerprint density at radius 2 is 1.82 bits per heavy atom. The number of hydrogen-bond acceptors (Lipinski definition) is 0. The Labute approximate surface area is 112 Å². The fraction of sp³-hybridized carbons (Fsp3) is 0.250. The summed E-state index contributed by atoms with van der Waals surface area (Å²) in [6.07, 6.45) is 2.34. The van der Waals surface area contributed by atoms with Crippen LogP contribution in [0.5, 0.6) is 0 Å². The second kappa shape index (κ2) is 6.02. The maximum absolute atomic E-state index is 3.48. The standard InChI is InChI=1S/C16H17Br/c1-13-6-2-3-10-16(13)15-9-4-7-14(12-15)8-5-11-17/h2-4,6-7,9-10,12H,5,8,11H2,1H3. The van der Waals surface area contributed by atoms with Crippen molar-refractivity contribution in [3.05, 3.63) is 59.7 Å². The second-order valence-electron chi connectivity index (χ2n) is 4.31. The van der Waals surface area contributed by atoms with Gasteiger partial charge in [-0.15, -0.1) is 0 Å². The highest BCUT2D eigenvalue weighted by Crippen LogP contribution is 2.24. The van der Waals surface area contributed by atoms with E-state index < -0.39 is 0 Å². The van der Waals surface area contributed by atoms with Crippen LogP contribution in [-0.2, 0) is 6.42 Å². The summed E-state index contributed by atoms with van der Waals surface area (Å²) in [5, 5.41) is 1.07. The summed E-state index contributed by atoms with van der Waals surface area (Å²) in [6.45, 7) is 2.17. The number of rotatable bonds is 4. The van der Waals surface area contributed by atoms with Crippen LogP contribution in [0.4, 0.5) is 0 Å². The van der Waals surface area contributed by atoms with Gasteiger partial charge in [-0.3, -0.25) is 0 Å². The van der Waals surface area contributed by atoms with Gasteiger partial charge in [0.15, 0.2) is 0 Å². The van der Waals surface area contributed by atoms with Crippen molar-refractivity contribution < 1.29 is 0 Å². The summed E-state index contributed by atoms with van der Waals surface area (Å²) in [4.78, 5) is 0. The summed E-state index contributed by atoms with van der Waals surface area (Å²) in [5.74, 6) is 0. The molecule has 0 heterocycles. The van der Waals surface area contributed by atoms with Crippen LogP contribution in [0.3, 0.4) is 0 Å². The summed E-state index contributed by atoms with van der Waals surface area (Å²) < 4.78 is 0. The van der Waals surface area contributed by atoms with Crippen molar-refractivity contribution in [1.82, 2.24) is 0 Å². The lowest BCUT2D eigenvalue weighted by Gasteiger charge is -2.07. The van der Waals surface area contributed by atoms with E-state index >= 15 is 0 Å². The van der Waals surface area contributed by atoms with E-state index in [1.54, 1.807) is 0 Å². The summed E-state index contributed by atoms with van der Waals surface area (Å²) >= 11 is 3.48. The van der Waals surface area contributed by atoms with E-state index in [1.807, 2.05) is 0 Å². The van der Waals surface area contributed by atoms with Crippen LogP contribution >= 0.6 is 15.9 Å². The van der Waals surface area contributed by atoms with E-state index in [9.17, 15) is 0 Å². The first-order valence-corrected chi connectivity index (χ1v) is 7.14. The molecule has 0 amide bonds. The molecule has 2 aromatic rings. The van der Waals surface area contributed by atoms with Crippen molar-refractivity contribution in [3.63, 3.8) is 0 Å². The van der Waals surface area contributed by atoms with E-state index in [2.05, 4.69) is 71.4 Å². The Kier molecular flexibility index (Phi) is 4.38. The molecule has 2 aromatic carbocycles. The smallest absolute Gasteiger partial charge is 0.00344 e. The third kappa shape index (κ3) is 3.19. The lowest BCUT2D eigenvalue weighted by molar-refractivity contribution is 0.940. The van der Waals surface area contributed by atoms with Crippen LogP contribution < -0.4 is 0 Å². The van der Waals surface area contributed by atoms with Gasteiger partial charge in [0.25, 0.3) is 0 Å². The van der Waals surface area contributed by atoms with Gasteiger partial charge in [0.2, 0.25) is 0 Å². The quantitative estimate of drug-likeness (QED) is 0.696. The van der Waals surface area contributed by atoms with Crippen molar-refractivity contribution in [3.8, 4) is 11.1 Å². The molecule has 0 radical (unpaired) electrons. The molecule has 0 saturated carbocycles. The van der Waals surface area contributed by atoms with Crippen molar-refractivity contribution in [2.45, 2.75) is 19.8 Å². The maximum Gasteiger partial charge on any atom is 0.00344 e. The normalized spacial score (nSPS) is 10.5. The van der Waals surface area contributed by atoms with E-state index in [1.165, 1.54) is 28.7 Å². The van der Waals surface area contributed by atoms with Crippen LogP contribution in [0, 0.1) is 6.92 Å². The molecule has 0 atom stereocenters. The summed E-state index contributed by atoms with van der Waals surface area (Å²) in [6, 6.07) is 17.4. The zero-order valence-corrected chi connectivity index (χ0v) is 11.7. The molecule has 0 aliphatic rings. The molecule has 0 unspecified atom stereocenters. The molecule has 0 fully saturated rings. The molecule has 0 spiro atoms. The van der Waals surface area contributed by atoms with Crippen LogP contribution in [-0.4, -0.2) is 5.33 Å². The molecular weight excluding hydrogens is 272 g/mol. The zero-order valence-electron chi connectivity index (χ0n) is 10.1. The minimum absolute atomic E-state index is 1.07. The third-order valence-electron chi connectivity index (χ3n) is 2.98. The molecule has 0 bridgehead atoms. The SMILES string of the molecule is Cc1ccccc1-c1cccc(CCCBr)c1. The first-order valence-electron chi connectivity index (χ1n) is 6.02. The lowest BCUT2D eigenvalue weighted by atomic mass is 9.98. The molecule has 0 saturated heterocycles. The van der Waals surface area contributed by atoms with E-state index in [0.29, 0.717) is 0 Å². The monoisotopic (exact) mass is 288 g/mol. The van der Waals surface area contributed by atoms with E-state index in [0.717, 1.165) is 11.8 Å². The minimum atomic E-state index is 1.07. The van der Waals surface area contributed by atoms with Gasteiger partial charge < -0.3 is 0 Å². The average Bonchev–Trinajstić information content (AvgIpc) is 2.37. The minimum Gasteiger partial charge on any atom is -0.0928 e. The van der Waals surface area contributed by atoms with Gasteiger partial charge in [0.1, 0.15) is 0 Å². The predicted octanol–water partition coefficient (Wildman–Crippen LogP) is 4.99. The topological polar surface area (TPSA) is 0 Å². The molecule has 88 valence electrons. The van der Waals surface area contributed by atoms with Gasteiger partial charge in [-0.1, -0.05) is 64.5 Å². The Balaban J connectivity index is 2.30. The van der Waals surface area contributed by atoms with Gasteiger partial charge in [0, 0.05) is 5.33 Å². The molecule has 0 nitrogen and oxygen atoms in total. The Hall–Kier alpha value is -1.08. The maximum atomic E-state index is 3.48. The molecular formula is C16H17Br. The Morgan fingerprint density at radius 3 is 2.59 bits per heavy atom. The first kappa shape index (κ1) is 12.4. The fourth-order valence-electron chi connectivity index (χ4n) is 2.06. The summed E-state index contributed by atoms with van der Waals surface area (Å²) in [7, 11) is 0. The van der Waals surface area contributed by atoms with Gasteiger partial charge in [-0.05, 0) is 42.0 Å². The number of benzene rings is 2. The molecule has 1 heteroatoms. The number of aryl methyl sites for hydroxylation is 2. The highest BCUT2D eigenvalue weighted by molar-refractivity contribution is 9.09. The lowest BCUT2D eigenvalue weighted by Crippen LogP contribution is -1.88. The fourth-order valence-corrected chi connectivity index (χ4v) is 2.34. The average molecular weight is 289 g/mol. The molecule has 0 aromatic heterocycles. The van der Waals surface area contributed by atoms with Crippen LogP contribution in [0.25, 0.3) is 11.1 Å². The second-order valence-corrected chi connectivity index (χ2v) is 5.10. The van der Waals surface area contributed by atoms with E-state index in [-0.39, 0.29) is 0 Å². The first-order chi connectivity index (χ1) is 8.31. The van der Waals surface area contributed by atoms with Crippen molar-refractivity contribution >= 4 is 15.9 Å². The summed E-state index contributed by atoms with van der Waals surface area (Å²) in [5.41, 5.74) is 5.43. The third-order valence-corrected chi connectivity index (χ3v) is 3.54. The van der Waals surface area contributed by atoms with Gasteiger partial charge >= 0.3 is 0 Å². The zero-order chi connectivity index (χ0) is 12.1. The molecule has 0 N–H and O–H groups in total. The van der Waals surface area contributed by atoms with Gasteiger partial charge in [-0.25, -0.2) is 0 Å². The van der Waals surface area contributed by atoms with E-state index in [4.69, 9.17) is 0 Å². The van der Waals surface area contributed by atoms with Crippen LogP contribution in [0.1, 0.15) is 17.5 Å². The van der Waals surface area contributed by atoms with Crippen LogP contribution in [0.15, 0.2) is 48.5 Å². The molecule has 2 rings (SSSR count). The van der Waals surface area contributed by atoms with Crippen molar-refractivity contribution in [1.29, 1.82) is 0 Å². The van der Waals surface area contributed by atoms with Gasteiger partial charge in [0.05, 0.1) is 0 Å². The molecule has 0 aliphatic heterocycles. The van der Waals surface area contributed by atoms with Gasteiger partial charge in [-0.2, -0.15) is 0 Å².